The molecule has 0 radical (unpaired) electrons. The summed E-state index contributed by atoms with van der Waals surface area (Å²) in [6, 6.07) is 7.11. The zero-order chi connectivity index (χ0) is 19.8. The minimum atomic E-state index is -1.82. The smallest absolute Gasteiger partial charge is 0.269 e. The summed E-state index contributed by atoms with van der Waals surface area (Å²) in [6.07, 6.45) is 0.151. The first-order valence-electron chi connectivity index (χ1n) is 8.08. The van der Waals surface area contributed by atoms with Crippen molar-refractivity contribution >= 4 is 17.5 Å². The van der Waals surface area contributed by atoms with Gasteiger partial charge in [-0.2, -0.15) is 0 Å². The first-order chi connectivity index (χ1) is 12.7. The van der Waals surface area contributed by atoms with Crippen molar-refractivity contribution in [1.82, 2.24) is 9.88 Å². The third-order valence-electron chi connectivity index (χ3n) is 4.34. The van der Waals surface area contributed by atoms with E-state index in [4.69, 9.17) is 11.5 Å². The number of likely N-dealkylation sites (N-methyl/N-ethyl adjacent to an activating group) is 1. The number of aromatic nitrogens is 1. The topological polar surface area (TPSA) is 123 Å². The van der Waals surface area contributed by atoms with Crippen molar-refractivity contribution < 1.29 is 19.1 Å². The Morgan fingerprint density at radius 3 is 2.74 bits per heavy atom. The minimum Gasteiger partial charge on any atom is -0.397 e. The molecule has 0 spiro atoms. The predicted octanol–water partition coefficient (Wildman–Crippen LogP) is 0.514. The van der Waals surface area contributed by atoms with Crippen molar-refractivity contribution in [3.8, 4) is 23.1 Å². The number of nitrogen functional groups attached to an aromatic ring is 1. The zero-order valence-electron chi connectivity index (χ0n) is 14.5. The summed E-state index contributed by atoms with van der Waals surface area (Å²) in [5.74, 6) is 3.11. The van der Waals surface area contributed by atoms with Gasteiger partial charge in [-0.15, -0.1) is 0 Å². The number of rotatable bonds is 2. The average Bonchev–Trinajstić information content (AvgIpc) is 2.89. The number of carbonyl (C=O) groups excluding carboxylic acids is 2. The van der Waals surface area contributed by atoms with Gasteiger partial charge in [0.15, 0.2) is 5.69 Å². The van der Waals surface area contributed by atoms with Crippen molar-refractivity contribution in [3.05, 3.63) is 47.4 Å². The van der Waals surface area contributed by atoms with E-state index in [2.05, 4.69) is 16.8 Å². The Morgan fingerprint density at radius 2 is 2.11 bits per heavy atom. The fourth-order valence-corrected chi connectivity index (χ4v) is 2.75. The van der Waals surface area contributed by atoms with Gasteiger partial charge in [-0.25, -0.2) is 9.37 Å². The average molecular weight is 368 g/mol. The second-order valence-corrected chi connectivity index (χ2v) is 6.28. The molecule has 5 N–H and O–H groups in total. The van der Waals surface area contributed by atoms with Crippen molar-refractivity contribution in [2.24, 2.45) is 5.73 Å². The summed E-state index contributed by atoms with van der Waals surface area (Å²) in [7, 11) is 1.56. The predicted molar refractivity (Wildman–Crippen MR) is 96.6 cm³/mol. The van der Waals surface area contributed by atoms with E-state index >= 15 is 0 Å². The Bertz CT molecular complexity index is 1010. The molecule has 2 heterocycles. The van der Waals surface area contributed by atoms with Crippen LogP contribution in [0.4, 0.5) is 10.1 Å². The Hall–Kier alpha value is -3.44. The van der Waals surface area contributed by atoms with Crippen LogP contribution in [0.25, 0.3) is 11.3 Å². The maximum atomic E-state index is 14.1. The number of amides is 2. The third kappa shape index (κ3) is 3.45. The quantitative estimate of drug-likeness (QED) is 0.667. The van der Waals surface area contributed by atoms with Crippen LogP contribution in [0.3, 0.4) is 0 Å². The standard InChI is InChI=1S/C19H17FN4O3/c1-24-9-8-19(27,18(24)26)7-6-11-10-12(2-3-13(11)20)15-5-4-14(21)16(23-15)17(22)25/h2-5,10,27H,8-9,21H2,1H3,(H2,22,25)/t19-/m0/s1. The van der Waals surface area contributed by atoms with Gasteiger partial charge >= 0.3 is 0 Å². The lowest BCUT2D eigenvalue weighted by molar-refractivity contribution is -0.137. The SMILES string of the molecule is CN1CC[C@@](O)(C#Cc2cc(-c3ccc(N)c(C(N)=O)n3)ccc2F)C1=O. The number of nitrogens with two attached hydrogens (primary N) is 2. The molecule has 0 saturated carbocycles. The molecule has 27 heavy (non-hydrogen) atoms. The number of primary amides is 1. The molecule has 8 heteroatoms. The molecule has 2 aromatic rings. The van der Waals surface area contributed by atoms with Gasteiger partial charge in [0.2, 0.25) is 5.60 Å². The molecule has 1 saturated heterocycles. The number of pyridine rings is 1. The number of carbonyl (C=O) groups is 2. The number of likely N-dealkylation sites (tertiary alicyclic amines) is 1. The molecule has 1 atom stereocenters. The molecule has 3 rings (SSSR count). The lowest BCUT2D eigenvalue weighted by atomic mass is 10.0. The molecular weight excluding hydrogens is 351 g/mol. The number of nitrogens with zero attached hydrogens (tertiary/aromatic N) is 2. The zero-order valence-corrected chi connectivity index (χ0v) is 14.5. The van der Waals surface area contributed by atoms with Crippen LogP contribution in [-0.4, -0.2) is 46.0 Å². The molecule has 138 valence electrons. The molecule has 2 amide bonds. The summed E-state index contributed by atoms with van der Waals surface area (Å²) >= 11 is 0. The number of hydrogen-bond acceptors (Lipinski definition) is 5. The van der Waals surface area contributed by atoms with Crippen LogP contribution in [0.1, 0.15) is 22.5 Å². The van der Waals surface area contributed by atoms with E-state index in [9.17, 15) is 19.1 Å². The van der Waals surface area contributed by atoms with Gasteiger partial charge in [0, 0.05) is 25.6 Å². The van der Waals surface area contributed by atoms with Crippen LogP contribution in [-0.2, 0) is 4.79 Å². The maximum Gasteiger partial charge on any atom is 0.269 e. The fraction of sp³-hybridized carbons (Fsp3) is 0.211. The Morgan fingerprint density at radius 1 is 1.37 bits per heavy atom. The van der Waals surface area contributed by atoms with E-state index in [0.717, 1.165) is 0 Å². The van der Waals surface area contributed by atoms with Gasteiger partial charge in [0.1, 0.15) is 5.82 Å². The summed E-state index contributed by atoms with van der Waals surface area (Å²) in [6.45, 7) is 0.373. The van der Waals surface area contributed by atoms with Crippen LogP contribution in [0.2, 0.25) is 0 Å². The van der Waals surface area contributed by atoms with E-state index in [-0.39, 0.29) is 23.4 Å². The second-order valence-electron chi connectivity index (χ2n) is 6.28. The number of benzene rings is 1. The number of aliphatic hydroxyl groups is 1. The molecule has 0 unspecified atom stereocenters. The largest absolute Gasteiger partial charge is 0.397 e. The number of hydrogen-bond donors (Lipinski definition) is 3. The van der Waals surface area contributed by atoms with Gasteiger partial charge in [0.25, 0.3) is 11.8 Å². The van der Waals surface area contributed by atoms with Crippen LogP contribution in [0.15, 0.2) is 30.3 Å². The van der Waals surface area contributed by atoms with Crippen molar-refractivity contribution in [2.75, 3.05) is 19.3 Å². The molecule has 1 fully saturated rings. The minimum absolute atomic E-state index is 0.0115. The van der Waals surface area contributed by atoms with Gasteiger partial charge in [-0.05, 0) is 30.3 Å². The van der Waals surface area contributed by atoms with Crippen LogP contribution < -0.4 is 11.5 Å². The molecular formula is C19H17FN4O3. The molecule has 0 aliphatic carbocycles. The highest BCUT2D eigenvalue weighted by atomic mass is 19.1. The molecule has 1 aliphatic heterocycles. The van der Waals surface area contributed by atoms with Crippen LogP contribution >= 0.6 is 0 Å². The van der Waals surface area contributed by atoms with Crippen LogP contribution in [0.5, 0.6) is 0 Å². The Labute approximate surface area is 154 Å². The summed E-state index contributed by atoms with van der Waals surface area (Å²) in [4.78, 5) is 28.8. The van der Waals surface area contributed by atoms with Crippen molar-refractivity contribution in [1.29, 1.82) is 0 Å². The number of halogens is 1. The Balaban J connectivity index is 2.00. The maximum absolute atomic E-state index is 14.1. The van der Waals surface area contributed by atoms with Gasteiger partial charge in [0.05, 0.1) is 16.9 Å². The molecule has 1 aliphatic rings. The molecule has 1 aromatic heterocycles. The third-order valence-corrected chi connectivity index (χ3v) is 4.34. The highest BCUT2D eigenvalue weighted by Gasteiger charge is 2.42. The monoisotopic (exact) mass is 368 g/mol. The van der Waals surface area contributed by atoms with E-state index in [1.807, 2.05) is 0 Å². The van der Waals surface area contributed by atoms with Gasteiger partial charge in [-0.1, -0.05) is 11.8 Å². The lowest BCUT2D eigenvalue weighted by Gasteiger charge is -2.13. The van der Waals surface area contributed by atoms with Gasteiger partial charge < -0.3 is 21.5 Å². The second kappa shape index (κ2) is 6.70. The highest BCUT2D eigenvalue weighted by molar-refractivity contribution is 5.96. The van der Waals surface area contributed by atoms with E-state index in [1.54, 1.807) is 13.1 Å². The van der Waals surface area contributed by atoms with Crippen molar-refractivity contribution in [2.45, 2.75) is 12.0 Å². The molecule has 0 bridgehead atoms. The fourth-order valence-electron chi connectivity index (χ4n) is 2.75. The lowest BCUT2D eigenvalue weighted by Crippen LogP contribution is -2.37. The highest BCUT2D eigenvalue weighted by Crippen LogP contribution is 2.24. The summed E-state index contributed by atoms with van der Waals surface area (Å²) in [5, 5.41) is 10.3. The molecule has 7 nitrogen and oxygen atoms in total. The van der Waals surface area contributed by atoms with E-state index in [1.165, 1.54) is 29.2 Å². The first kappa shape index (κ1) is 18.4. The van der Waals surface area contributed by atoms with Crippen LogP contribution in [0, 0.1) is 17.7 Å². The van der Waals surface area contributed by atoms with Gasteiger partial charge in [-0.3, -0.25) is 9.59 Å². The van der Waals surface area contributed by atoms with E-state index in [0.29, 0.717) is 17.8 Å². The van der Waals surface area contributed by atoms with Crippen molar-refractivity contribution in [3.63, 3.8) is 0 Å². The first-order valence-corrected chi connectivity index (χ1v) is 8.08. The normalized spacial score (nSPS) is 18.9. The number of anilines is 1. The Kier molecular flexibility index (Phi) is 4.56. The molecule has 1 aromatic carbocycles. The summed E-state index contributed by atoms with van der Waals surface area (Å²) < 4.78 is 14.1. The van der Waals surface area contributed by atoms with E-state index < -0.39 is 23.2 Å². The summed E-state index contributed by atoms with van der Waals surface area (Å²) in [5.41, 5.74) is 9.97.